The molecule has 0 N–H and O–H groups in total. The lowest BCUT2D eigenvalue weighted by atomic mass is 10.0. The summed E-state index contributed by atoms with van der Waals surface area (Å²) in [4.78, 5) is 15.9. The molecule has 0 fully saturated rings. The molecule has 0 atom stereocenters. The molecule has 0 radical (unpaired) electrons. The van der Waals surface area contributed by atoms with Crippen LogP contribution in [-0.4, -0.2) is 15.8 Å². The van der Waals surface area contributed by atoms with E-state index in [4.69, 9.17) is 0 Å². The van der Waals surface area contributed by atoms with Gasteiger partial charge in [0.1, 0.15) is 11.5 Å². The van der Waals surface area contributed by atoms with Gasteiger partial charge >= 0.3 is 0 Å². The molecule has 0 saturated carbocycles. The van der Waals surface area contributed by atoms with E-state index in [1.165, 1.54) is 5.39 Å². The Morgan fingerprint density at radius 1 is 1.15 bits per heavy atom. The minimum absolute atomic E-state index is 0.662. The Balaban J connectivity index is 2.34. The summed E-state index contributed by atoms with van der Waals surface area (Å²) in [6, 6.07) is 14.4. The molecule has 1 aromatic heterocycles. The van der Waals surface area contributed by atoms with E-state index in [2.05, 4.69) is 29.2 Å². The zero-order chi connectivity index (χ0) is 14.1. The van der Waals surface area contributed by atoms with Crippen LogP contribution in [0.15, 0.2) is 42.5 Å². The van der Waals surface area contributed by atoms with Crippen molar-refractivity contribution in [2.24, 2.45) is 0 Å². The Kier molecular flexibility index (Phi) is 3.11. The lowest BCUT2D eigenvalue weighted by molar-refractivity contribution is 0.111. The van der Waals surface area contributed by atoms with Gasteiger partial charge in [-0.2, -0.15) is 0 Å². The van der Waals surface area contributed by atoms with Crippen LogP contribution in [-0.2, 0) is 6.54 Å². The van der Waals surface area contributed by atoms with Crippen molar-refractivity contribution in [3.05, 3.63) is 53.9 Å². The summed E-state index contributed by atoms with van der Waals surface area (Å²) in [5.41, 5.74) is 2.52. The van der Waals surface area contributed by atoms with Crippen molar-refractivity contribution in [1.29, 1.82) is 0 Å². The van der Waals surface area contributed by atoms with Crippen LogP contribution in [0.5, 0.6) is 0 Å². The highest BCUT2D eigenvalue weighted by atomic mass is 16.1. The first-order valence-electron chi connectivity index (χ1n) is 6.76. The molecule has 3 rings (SSSR count). The molecule has 3 aromatic rings. The molecular weight excluding hydrogens is 248 g/mol. The summed E-state index contributed by atoms with van der Waals surface area (Å²) in [6.07, 6.45) is 0.889. The molecule has 3 nitrogen and oxygen atoms in total. The number of aldehydes is 1. The third-order valence-electron chi connectivity index (χ3n) is 3.65. The normalized spacial score (nSPS) is 10.9. The van der Waals surface area contributed by atoms with Gasteiger partial charge in [-0.05, 0) is 24.6 Å². The Morgan fingerprint density at radius 2 is 1.90 bits per heavy atom. The van der Waals surface area contributed by atoms with E-state index in [9.17, 15) is 4.79 Å². The summed E-state index contributed by atoms with van der Waals surface area (Å²) in [5, 5.41) is 2.34. The maximum absolute atomic E-state index is 11.3. The van der Waals surface area contributed by atoms with Gasteiger partial charge in [-0.3, -0.25) is 4.79 Å². The quantitative estimate of drug-likeness (QED) is 0.673. The van der Waals surface area contributed by atoms with Gasteiger partial charge < -0.3 is 4.57 Å². The summed E-state index contributed by atoms with van der Waals surface area (Å²) in [5.74, 6) is 0.865. The van der Waals surface area contributed by atoms with E-state index in [0.717, 1.165) is 35.3 Å². The molecule has 20 heavy (non-hydrogen) atoms. The highest BCUT2D eigenvalue weighted by molar-refractivity contribution is 5.95. The summed E-state index contributed by atoms with van der Waals surface area (Å²) in [6.45, 7) is 4.64. The lowest BCUT2D eigenvalue weighted by Crippen LogP contribution is -2.02. The fraction of sp³-hybridized carbons (Fsp3) is 0.176. The average molecular weight is 264 g/mol. The van der Waals surface area contributed by atoms with Crippen LogP contribution in [0.3, 0.4) is 0 Å². The van der Waals surface area contributed by atoms with Crippen LogP contribution in [0.2, 0.25) is 0 Å². The second-order valence-corrected chi connectivity index (χ2v) is 4.79. The first kappa shape index (κ1) is 12.6. The zero-order valence-electron chi connectivity index (χ0n) is 11.6. The average Bonchev–Trinajstić information content (AvgIpc) is 2.82. The number of hydrogen-bond donors (Lipinski definition) is 0. The molecule has 0 aliphatic rings. The largest absolute Gasteiger partial charge is 0.322 e. The van der Waals surface area contributed by atoms with E-state index < -0.39 is 0 Å². The number of rotatable bonds is 3. The van der Waals surface area contributed by atoms with Crippen molar-refractivity contribution in [3.63, 3.8) is 0 Å². The molecule has 1 heterocycles. The number of hydrogen-bond acceptors (Lipinski definition) is 2. The van der Waals surface area contributed by atoms with Crippen LogP contribution < -0.4 is 0 Å². The minimum atomic E-state index is 0.662. The van der Waals surface area contributed by atoms with E-state index in [-0.39, 0.29) is 0 Å². The predicted molar refractivity (Wildman–Crippen MR) is 81.0 cm³/mol. The van der Waals surface area contributed by atoms with Gasteiger partial charge in [0.05, 0.1) is 5.69 Å². The minimum Gasteiger partial charge on any atom is -0.322 e. The standard InChI is InChI=1S/C17H16N2O/c1-3-19-16(11-20)12(2)18-17(19)15-10-6-8-13-7-4-5-9-14(13)15/h4-11H,3H2,1-2H3. The van der Waals surface area contributed by atoms with Crippen LogP contribution in [0.25, 0.3) is 22.2 Å². The van der Waals surface area contributed by atoms with Crippen molar-refractivity contribution in [2.75, 3.05) is 0 Å². The molecule has 0 aliphatic carbocycles. The smallest absolute Gasteiger partial charge is 0.168 e. The maximum atomic E-state index is 11.3. The third kappa shape index (κ3) is 1.83. The molecule has 0 bridgehead atoms. The summed E-state index contributed by atoms with van der Waals surface area (Å²) >= 11 is 0. The van der Waals surface area contributed by atoms with Crippen molar-refractivity contribution in [2.45, 2.75) is 20.4 Å². The molecule has 0 amide bonds. The molecular formula is C17H16N2O. The molecule has 100 valence electrons. The van der Waals surface area contributed by atoms with Gasteiger partial charge in [0.25, 0.3) is 0 Å². The summed E-state index contributed by atoms with van der Waals surface area (Å²) < 4.78 is 1.98. The number of aromatic nitrogens is 2. The van der Waals surface area contributed by atoms with Crippen molar-refractivity contribution < 1.29 is 4.79 Å². The van der Waals surface area contributed by atoms with Gasteiger partial charge in [0, 0.05) is 12.1 Å². The Labute approximate surface area is 117 Å². The van der Waals surface area contributed by atoms with Gasteiger partial charge in [-0.1, -0.05) is 42.5 Å². The Hall–Kier alpha value is -2.42. The van der Waals surface area contributed by atoms with E-state index in [1.807, 2.05) is 36.6 Å². The van der Waals surface area contributed by atoms with Crippen LogP contribution in [0.4, 0.5) is 0 Å². The van der Waals surface area contributed by atoms with Crippen molar-refractivity contribution in [3.8, 4) is 11.4 Å². The number of benzene rings is 2. The number of nitrogens with zero attached hydrogens (tertiary/aromatic N) is 2. The number of carbonyl (C=O) groups excluding carboxylic acids is 1. The fourth-order valence-corrected chi connectivity index (χ4v) is 2.68. The monoisotopic (exact) mass is 264 g/mol. The first-order valence-corrected chi connectivity index (χ1v) is 6.76. The van der Waals surface area contributed by atoms with E-state index >= 15 is 0 Å². The molecule has 0 unspecified atom stereocenters. The van der Waals surface area contributed by atoms with Crippen LogP contribution in [0.1, 0.15) is 23.1 Å². The van der Waals surface area contributed by atoms with E-state index in [0.29, 0.717) is 5.69 Å². The van der Waals surface area contributed by atoms with E-state index in [1.54, 1.807) is 0 Å². The fourth-order valence-electron chi connectivity index (χ4n) is 2.68. The van der Waals surface area contributed by atoms with Crippen LogP contribution >= 0.6 is 0 Å². The van der Waals surface area contributed by atoms with Crippen molar-refractivity contribution >= 4 is 17.1 Å². The maximum Gasteiger partial charge on any atom is 0.168 e. The van der Waals surface area contributed by atoms with Crippen LogP contribution in [0, 0.1) is 6.92 Å². The molecule has 2 aromatic carbocycles. The summed E-state index contributed by atoms with van der Waals surface area (Å²) in [7, 11) is 0. The number of aryl methyl sites for hydroxylation is 1. The topological polar surface area (TPSA) is 34.9 Å². The SMILES string of the molecule is CCn1c(-c2cccc3ccccc23)nc(C)c1C=O. The van der Waals surface area contributed by atoms with Gasteiger partial charge in [-0.15, -0.1) is 0 Å². The number of imidazole rings is 1. The highest BCUT2D eigenvalue weighted by Gasteiger charge is 2.15. The van der Waals surface area contributed by atoms with Crippen molar-refractivity contribution in [1.82, 2.24) is 9.55 Å². The predicted octanol–water partition coefficient (Wildman–Crippen LogP) is 3.84. The second-order valence-electron chi connectivity index (χ2n) is 4.79. The first-order chi connectivity index (χ1) is 9.76. The zero-order valence-corrected chi connectivity index (χ0v) is 11.6. The molecule has 3 heteroatoms. The molecule has 0 spiro atoms. The third-order valence-corrected chi connectivity index (χ3v) is 3.65. The van der Waals surface area contributed by atoms with Gasteiger partial charge in [0.15, 0.2) is 6.29 Å². The Bertz CT molecular complexity index is 782. The number of fused-ring (bicyclic) bond motifs is 1. The molecule has 0 saturated heterocycles. The second kappa shape index (κ2) is 4.93. The molecule has 0 aliphatic heterocycles. The highest BCUT2D eigenvalue weighted by Crippen LogP contribution is 2.29. The van der Waals surface area contributed by atoms with Gasteiger partial charge in [-0.25, -0.2) is 4.98 Å². The lowest BCUT2D eigenvalue weighted by Gasteiger charge is -2.09. The number of carbonyl (C=O) groups is 1. The Morgan fingerprint density at radius 3 is 2.65 bits per heavy atom. The van der Waals surface area contributed by atoms with Gasteiger partial charge in [0.2, 0.25) is 0 Å².